The summed E-state index contributed by atoms with van der Waals surface area (Å²) in [7, 11) is 0. The van der Waals surface area contributed by atoms with Crippen LogP contribution in [0.2, 0.25) is 0 Å². The first-order valence-corrected chi connectivity index (χ1v) is 9.68. The molecule has 2 aromatic heterocycles. The van der Waals surface area contributed by atoms with Crippen molar-refractivity contribution in [1.29, 1.82) is 0 Å². The van der Waals surface area contributed by atoms with Gasteiger partial charge in [-0.2, -0.15) is 4.98 Å². The van der Waals surface area contributed by atoms with Gasteiger partial charge in [0.25, 0.3) is 5.56 Å². The van der Waals surface area contributed by atoms with Crippen LogP contribution in [0.4, 0.5) is 13.2 Å². The van der Waals surface area contributed by atoms with E-state index in [1.54, 1.807) is 24.3 Å². The van der Waals surface area contributed by atoms with Gasteiger partial charge in [0, 0.05) is 12.1 Å². The van der Waals surface area contributed by atoms with E-state index in [0.717, 1.165) is 12.1 Å². The molecule has 0 radical (unpaired) electrons. The first-order valence-electron chi connectivity index (χ1n) is 9.68. The number of alkyl halides is 3. The maximum Gasteiger partial charge on any atom is 0.573 e. The van der Waals surface area contributed by atoms with Gasteiger partial charge >= 0.3 is 12.1 Å². The van der Waals surface area contributed by atoms with Crippen LogP contribution in [0.5, 0.6) is 5.75 Å². The molecule has 4 aromatic rings. The summed E-state index contributed by atoms with van der Waals surface area (Å²) in [5, 5.41) is 4.23. The van der Waals surface area contributed by atoms with E-state index < -0.39 is 12.1 Å². The molecule has 8 nitrogen and oxygen atoms in total. The Kier molecular flexibility index (Phi) is 5.56. The molecule has 4 rings (SSSR count). The predicted octanol–water partition coefficient (Wildman–Crippen LogP) is 3.57. The van der Waals surface area contributed by atoms with Gasteiger partial charge in [-0.3, -0.25) is 13.9 Å². The van der Waals surface area contributed by atoms with Crippen LogP contribution in [0.15, 0.2) is 62.6 Å². The zero-order valence-electron chi connectivity index (χ0n) is 16.8. The summed E-state index contributed by atoms with van der Waals surface area (Å²) >= 11 is 0. The first kappa shape index (κ1) is 21.3. The van der Waals surface area contributed by atoms with Crippen LogP contribution < -0.4 is 16.0 Å². The quantitative estimate of drug-likeness (QED) is 0.450. The van der Waals surface area contributed by atoms with Crippen molar-refractivity contribution in [3.63, 3.8) is 0 Å². The molecule has 0 bridgehead atoms. The van der Waals surface area contributed by atoms with Crippen molar-refractivity contribution in [3.8, 4) is 17.1 Å². The van der Waals surface area contributed by atoms with Crippen LogP contribution in [-0.4, -0.2) is 25.6 Å². The van der Waals surface area contributed by atoms with E-state index >= 15 is 0 Å². The molecule has 0 amide bonds. The van der Waals surface area contributed by atoms with E-state index in [0.29, 0.717) is 22.9 Å². The Bertz CT molecular complexity index is 1370. The highest BCUT2D eigenvalue weighted by Gasteiger charge is 2.31. The largest absolute Gasteiger partial charge is 0.573 e. The van der Waals surface area contributed by atoms with Crippen LogP contribution in [-0.2, 0) is 13.1 Å². The second-order valence-corrected chi connectivity index (χ2v) is 6.93. The molecule has 0 atom stereocenters. The predicted molar refractivity (Wildman–Crippen MR) is 108 cm³/mol. The second kappa shape index (κ2) is 8.33. The SMILES string of the molecule is CCCn1c(=O)c2ccccc2n(Cc2nc(-c3ccc(OC(F)(F)F)cc3)no2)c1=O. The zero-order chi connectivity index (χ0) is 22.9. The molecule has 2 aromatic carbocycles. The molecule has 0 saturated carbocycles. The molecule has 0 unspecified atom stereocenters. The number of hydrogen-bond acceptors (Lipinski definition) is 6. The van der Waals surface area contributed by atoms with Crippen molar-refractivity contribution in [2.45, 2.75) is 32.8 Å². The highest BCUT2D eigenvalue weighted by atomic mass is 19.4. The summed E-state index contributed by atoms with van der Waals surface area (Å²) in [4.78, 5) is 29.9. The van der Waals surface area contributed by atoms with Crippen LogP contribution in [0, 0.1) is 0 Å². The standard InChI is InChI=1S/C21H17F3N4O4/c1-2-11-27-19(29)15-5-3-4-6-16(15)28(20(27)30)12-17-25-18(26-32-17)13-7-9-14(10-8-13)31-21(22,23)24/h3-10H,2,11-12H2,1H3. The van der Waals surface area contributed by atoms with Gasteiger partial charge in [0.15, 0.2) is 0 Å². The Balaban J connectivity index is 1.67. The van der Waals surface area contributed by atoms with E-state index in [9.17, 15) is 22.8 Å². The number of nitrogens with zero attached hydrogens (tertiary/aromatic N) is 4. The van der Waals surface area contributed by atoms with Crippen LogP contribution in [0.1, 0.15) is 19.2 Å². The van der Waals surface area contributed by atoms with E-state index in [-0.39, 0.29) is 36.1 Å². The molecule has 0 aliphatic carbocycles. The summed E-state index contributed by atoms with van der Waals surface area (Å²) < 4.78 is 48.6. The third-order valence-corrected chi connectivity index (χ3v) is 4.69. The molecule has 166 valence electrons. The second-order valence-electron chi connectivity index (χ2n) is 6.93. The minimum absolute atomic E-state index is 0.0778. The van der Waals surface area contributed by atoms with Crippen LogP contribution >= 0.6 is 0 Å². The normalized spacial score (nSPS) is 11.8. The summed E-state index contributed by atoms with van der Waals surface area (Å²) in [5.41, 5.74) is -0.0222. The zero-order valence-corrected chi connectivity index (χ0v) is 16.8. The minimum atomic E-state index is -4.79. The molecule has 0 aliphatic heterocycles. The molecule has 0 aliphatic rings. The molecular formula is C21H17F3N4O4. The minimum Gasteiger partial charge on any atom is -0.406 e. The van der Waals surface area contributed by atoms with Gasteiger partial charge in [0.05, 0.1) is 10.9 Å². The highest BCUT2D eigenvalue weighted by molar-refractivity contribution is 5.77. The van der Waals surface area contributed by atoms with Gasteiger partial charge in [-0.15, -0.1) is 13.2 Å². The molecule has 0 fully saturated rings. The lowest BCUT2D eigenvalue weighted by Crippen LogP contribution is -2.40. The molecule has 0 N–H and O–H groups in total. The number of hydrogen-bond donors (Lipinski definition) is 0. The third kappa shape index (κ3) is 4.27. The fourth-order valence-electron chi connectivity index (χ4n) is 3.32. The molecule has 2 heterocycles. The number of ether oxygens (including phenoxy) is 1. The highest BCUT2D eigenvalue weighted by Crippen LogP contribution is 2.25. The number of fused-ring (bicyclic) bond motifs is 1. The Labute approximate surface area is 178 Å². The van der Waals surface area contributed by atoms with Gasteiger partial charge in [0.2, 0.25) is 11.7 Å². The van der Waals surface area contributed by atoms with Crippen molar-refractivity contribution in [3.05, 3.63) is 75.3 Å². The fraction of sp³-hybridized carbons (Fsp3) is 0.238. The van der Waals surface area contributed by atoms with Crippen molar-refractivity contribution in [1.82, 2.24) is 19.3 Å². The lowest BCUT2D eigenvalue weighted by Gasteiger charge is -2.12. The lowest BCUT2D eigenvalue weighted by atomic mass is 10.2. The molecule has 32 heavy (non-hydrogen) atoms. The summed E-state index contributed by atoms with van der Waals surface area (Å²) in [6.07, 6.45) is -4.18. The summed E-state index contributed by atoms with van der Waals surface area (Å²) in [5.74, 6) is -0.136. The van der Waals surface area contributed by atoms with E-state index in [4.69, 9.17) is 4.52 Å². The average molecular weight is 446 g/mol. The average Bonchev–Trinajstić information content (AvgIpc) is 3.22. The Morgan fingerprint density at radius 3 is 2.44 bits per heavy atom. The number of aromatic nitrogens is 4. The number of rotatable bonds is 6. The van der Waals surface area contributed by atoms with Gasteiger partial charge in [-0.05, 0) is 42.8 Å². The van der Waals surface area contributed by atoms with Crippen molar-refractivity contribution >= 4 is 10.9 Å². The summed E-state index contributed by atoms with van der Waals surface area (Å²) in [6.45, 7) is 2.05. The van der Waals surface area contributed by atoms with Crippen LogP contribution in [0.3, 0.4) is 0 Å². The fourth-order valence-corrected chi connectivity index (χ4v) is 3.32. The Hall–Kier alpha value is -3.89. The molecule has 0 saturated heterocycles. The van der Waals surface area contributed by atoms with Crippen molar-refractivity contribution in [2.24, 2.45) is 0 Å². The number of benzene rings is 2. The molecular weight excluding hydrogens is 429 g/mol. The number of halogens is 3. The van der Waals surface area contributed by atoms with Crippen molar-refractivity contribution in [2.75, 3.05) is 0 Å². The van der Waals surface area contributed by atoms with Gasteiger partial charge in [0.1, 0.15) is 12.3 Å². The Morgan fingerprint density at radius 2 is 1.75 bits per heavy atom. The monoisotopic (exact) mass is 446 g/mol. The van der Waals surface area contributed by atoms with E-state index in [2.05, 4.69) is 14.9 Å². The lowest BCUT2D eigenvalue weighted by molar-refractivity contribution is -0.274. The maximum atomic E-state index is 13.0. The molecule has 11 heteroatoms. The maximum absolute atomic E-state index is 13.0. The molecule has 0 spiro atoms. The van der Waals surface area contributed by atoms with Gasteiger partial charge < -0.3 is 9.26 Å². The third-order valence-electron chi connectivity index (χ3n) is 4.69. The van der Waals surface area contributed by atoms with Crippen molar-refractivity contribution < 1.29 is 22.4 Å². The topological polar surface area (TPSA) is 92.2 Å². The first-order chi connectivity index (χ1) is 15.3. The summed E-state index contributed by atoms with van der Waals surface area (Å²) in [6, 6.07) is 11.7. The van der Waals surface area contributed by atoms with Gasteiger partial charge in [-0.1, -0.05) is 24.2 Å². The smallest absolute Gasteiger partial charge is 0.406 e. The van der Waals surface area contributed by atoms with Gasteiger partial charge in [-0.25, -0.2) is 4.79 Å². The van der Waals surface area contributed by atoms with Crippen LogP contribution in [0.25, 0.3) is 22.3 Å². The Morgan fingerprint density at radius 1 is 1.03 bits per heavy atom. The van der Waals surface area contributed by atoms with E-state index in [1.165, 1.54) is 21.3 Å². The number of para-hydroxylation sites is 1. The van der Waals surface area contributed by atoms with E-state index in [1.807, 2.05) is 6.92 Å².